The average molecular weight is 298 g/mol. The van der Waals surface area contributed by atoms with Crippen molar-refractivity contribution in [3.63, 3.8) is 0 Å². The summed E-state index contributed by atoms with van der Waals surface area (Å²) in [6.45, 7) is 0. The molecule has 1 fully saturated rings. The molecule has 1 aliphatic rings. The molecule has 0 amide bonds. The van der Waals surface area contributed by atoms with Crippen LogP contribution in [0.4, 0.5) is 0 Å². The molecule has 1 aromatic carbocycles. The summed E-state index contributed by atoms with van der Waals surface area (Å²) < 4.78 is 0. The minimum atomic E-state index is 0.206. The van der Waals surface area contributed by atoms with Crippen molar-refractivity contribution in [3.05, 3.63) is 42.2 Å². The van der Waals surface area contributed by atoms with Crippen molar-refractivity contribution in [2.75, 3.05) is 0 Å². The Morgan fingerprint density at radius 3 is 3.00 bits per heavy atom. The number of rotatable bonds is 2. The average Bonchev–Trinajstić information content (AvgIpc) is 2.53. The van der Waals surface area contributed by atoms with E-state index in [9.17, 15) is 0 Å². The predicted octanol–water partition coefficient (Wildman–Crippen LogP) is 3.08. The first-order valence-electron chi connectivity index (χ1n) is 7.21. The van der Waals surface area contributed by atoms with E-state index in [4.69, 9.17) is 18.0 Å². The number of nitrogens with zero attached hydrogens (tertiary/aromatic N) is 2. The van der Waals surface area contributed by atoms with Crippen LogP contribution in [0.3, 0.4) is 0 Å². The molecule has 1 aliphatic carbocycles. The minimum Gasteiger partial charge on any atom is -0.375 e. The van der Waals surface area contributed by atoms with Crippen LogP contribution < -0.4 is 11.2 Å². The van der Waals surface area contributed by atoms with Crippen molar-refractivity contribution in [2.24, 2.45) is 10.8 Å². The van der Waals surface area contributed by atoms with E-state index in [0.29, 0.717) is 0 Å². The lowest BCUT2D eigenvalue weighted by Crippen LogP contribution is -2.28. The summed E-state index contributed by atoms with van der Waals surface area (Å²) in [4.78, 5) is 4.64. The van der Waals surface area contributed by atoms with Crippen LogP contribution in [0.15, 0.2) is 41.6 Å². The van der Waals surface area contributed by atoms with Gasteiger partial charge in [0.05, 0.1) is 5.69 Å². The van der Waals surface area contributed by atoms with Crippen molar-refractivity contribution in [1.29, 1.82) is 0 Å². The summed E-state index contributed by atoms with van der Waals surface area (Å²) in [6, 6.07) is 10.4. The standard InChI is InChI=1S/C16H18N4S/c17-16(21)20-19-14-8-4-3-7-13(14)15-12-6-2-1-5-11(12)9-10-18-15/h1-2,5-6,9-10,13H,3-4,7-8H2,(H3,17,20,21)/b19-14-/t13-/m0/s1. The number of pyridine rings is 1. The third kappa shape index (κ3) is 3.03. The highest BCUT2D eigenvalue weighted by molar-refractivity contribution is 7.80. The SMILES string of the molecule is NC(=S)N/N=C1/CCCC[C@@H]1c1nccc2ccccc12. The van der Waals surface area contributed by atoms with E-state index < -0.39 is 0 Å². The molecule has 1 atom stereocenters. The van der Waals surface area contributed by atoms with Crippen LogP contribution in [-0.4, -0.2) is 15.8 Å². The zero-order valence-corrected chi connectivity index (χ0v) is 12.6. The predicted molar refractivity (Wildman–Crippen MR) is 90.3 cm³/mol. The van der Waals surface area contributed by atoms with Crippen LogP contribution in [0.25, 0.3) is 10.8 Å². The number of hydrogen-bond acceptors (Lipinski definition) is 3. The van der Waals surface area contributed by atoms with Gasteiger partial charge < -0.3 is 5.73 Å². The van der Waals surface area contributed by atoms with E-state index in [1.165, 1.54) is 17.2 Å². The number of aromatic nitrogens is 1. The molecule has 1 aromatic heterocycles. The molecule has 0 saturated heterocycles. The van der Waals surface area contributed by atoms with Gasteiger partial charge in [-0.2, -0.15) is 5.10 Å². The number of hydrazone groups is 1. The number of hydrogen-bond donors (Lipinski definition) is 2. The fourth-order valence-corrected chi connectivity index (χ4v) is 3.02. The minimum absolute atomic E-state index is 0.206. The van der Waals surface area contributed by atoms with Gasteiger partial charge in [-0.3, -0.25) is 10.4 Å². The molecule has 108 valence electrons. The number of benzene rings is 1. The molecule has 0 bridgehead atoms. The second kappa shape index (κ2) is 6.18. The molecule has 3 N–H and O–H groups in total. The molecular formula is C16H18N4S. The van der Waals surface area contributed by atoms with Crippen LogP contribution in [0.5, 0.6) is 0 Å². The lowest BCUT2D eigenvalue weighted by Gasteiger charge is -2.24. The van der Waals surface area contributed by atoms with Crippen molar-refractivity contribution < 1.29 is 0 Å². The fraction of sp³-hybridized carbons (Fsp3) is 0.312. The van der Waals surface area contributed by atoms with Crippen LogP contribution in [0.1, 0.15) is 37.3 Å². The molecule has 0 spiro atoms. The maximum absolute atomic E-state index is 5.48. The highest BCUT2D eigenvalue weighted by Crippen LogP contribution is 2.33. The van der Waals surface area contributed by atoms with E-state index in [2.05, 4.69) is 39.8 Å². The second-order valence-electron chi connectivity index (χ2n) is 5.29. The van der Waals surface area contributed by atoms with Crippen LogP contribution >= 0.6 is 12.2 Å². The smallest absolute Gasteiger partial charge is 0.184 e. The van der Waals surface area contributed by atoms with Gasteiger partial charge in [0.2, 0.25) is 0 Å². The number of fused-ring (bicyclic) bond motifs is 1. The Kier molecular flexibility index (Phi) is 4.10. The molecule has 0 radical (unpaired) electrons. The summed E-state index contributed by atoms with van der Waals surface area (Å²) in [7, 11) is 0. The maximum Gasteiger partial charge on any atom is 0.184 e. The van der Waals surface area contributed by atoms with Gasteiger partial charge in [0.25, 0.3) is 0 Å². The molecule has 2 aromatic rings. The number of nitrogens with one attached hydrogen (secondary N) is 1. The van der Waals surface area contributed by atoms with Crippen molar-refractivity contribution in [3.8, 4) is 0 Å². The summed E-state index contributed by atoms with van der Waals surface area (Å²) >= 11 is 4.84. The van der Waals surface area contributed by atoms with Gasteiger partial charge in [-0.15, -0.1) is 0 Å². The lowest BCUT2D eigenvalue weighted by atomic mass is 9.83. The molecule has 1 heterocycles. The quantitative estimate of drug-likeness (QED) is 0.660. The third-order valence-electron chi connectivity index (χ3n) is 3.92. The Hall–Kier alpha value is -2.01. The Morgan fingerprint density at radius 2 is 2.14 bits per heavy atom. The van der Waals surface area contributed by atoms with Crippen LogP contribution in [-0.2, 0) is 0 Å². The van der Waals surface area contributed by atoms with Gasteiger partial charge in [0, 0.05) is 23.2 Å². The van der Waals surface area contributed by atoms with E-state index in [0.717, 1.165) is 30.7 Å². The lowest BCUT2D eigenvalue weighted by molar-refractivity contribution is 0.602. The zero-order chi connectivity index (χ0) is 14.7. The molecule has 21 heavy (non-hydrogen) atoms. The molecule has 3 rings (SSSR count). The topological polar surface area (TPSA) is 63.3 Å². The molecule has 4 nitrogen and oxygen atoms in total. The fourth-order valence-electron chi connectivity index (χ4n) is 2.97. The zero-order valence-electron chi connectivity index (χ0n) is 11.7. The summed E-state index contributed by atoms with van der Waals surface area (Å²) in [6.07, 6.45) is 6.26. The third-order valence-corrected chi connectivity index (χ3v) is 4.01. The van der Waals surface area contributed by atoms with Gasteiger partial charge in [0.15, 0.2) is 5.11 Å². The molecule has 0 unspecified atom stereocenters. The van der Waals surface area contributed by atoms with E-state index in [1.54, 1.807) is 0 Å². The molecule has 5 heteroatoms. The summed E-state index contributed by atoms with van der Waals surface area (Å²) in [5, 5.41) is 7.03. The first-order chi connectivity index (χ1) is 10.3. The van der Waals surface area contributed by atoms with Crippen molar-refractivity contribution in [2.45, 2.75) is 31.6 Å². The number of thiocarbonyl (C=S) groups is 1. The second-order valence-corrected chi connectivity index (χ2v) is 5.73. The Bertz CT molecular complexity index is 690. The van der Waals surface area contributed by atoms with Crippen LogP contribution in [0.2, 0.25) is 0 Å². The highest BCUT2D eigenvalue weighted by Gasteiger charge is 2.25. The van der Waals surface area contributed by atoms with Crippen molar-refractivity contribution in [1.82, 2.24) is 10.4 Å². The Morgan fingerprint density at radius 1 is 1.29 bits per heavy atom. The van der Waals surface area contributed by atoms with E-state index in [-0.39, 0.29) is 11.0 Å². The van der Waals surface area contributed by atoms with Gasteiger partial charge in [-0.05, 0) is 42.9 Å². The summed E-state index contributed by atoms with van der Waals surface area (Å²) in [5.41, 5.74) is 10.4. The van der Waals surface area contributed by atoms with Gasteiger partial charge in [0.1, 0.15) is 0 Å². The van der Waals surface area contributed by atoms with E-state index in [1.807, 2.05) is 12.3 Å². The molecular weight excluding hydrogens is 280 g/mol. The maximum atomic E-state index is 5.48. The molecule has 1 saturated carbocycles. The van der Waals surface area contributed by atoms with E-state index >= 15 is 0 Å². The van der Waals surface area contributed by atoms with Crippen molar-refractivity contribution >= 4 is 33.8 Å². The first kappa shape index (κ1) is 13.9. The molecule has 0 aliphatic heterocycles. The highest BCUT2D eigenvalue weighted by atomic mass is 32.1. The Labute approximate surface area is 129 Å². The normalized spacial score (nSPS) is 20.6. The van der Waals surface area contributed by atoms with Gasteiger partial charge in [-0.25, -0.2) is 0 Å². The summed E-state index contributed by atoms with van der Waals surface area (Å²) in [5.74, 6) is 0.242. The monoisotopic (exact) mass is 298 g/mol. The van der Waals surface area contributed by atoms with Gasteiger partial charge in [-0.1, -0.05) is 30.7 Å². The first-order valence-corrected chi connectivity index (χ1v) is 7.62. The number of nitrogens with two attached hydrogens (primary N) is 1. The van der Waals surface area contributed by atoms with Gasteiger partial charge >= 0.3 is 0 Å². The Balaban J connectivity index is 2.02. The largest absolute Gasteiger partial charge is 0.375 e. The van der Waals surface area contributed by atoms with Crippen LogP contribution in [0, 0.1) is 0 Å².